The van der Waals surface area contributed by atoms with E-state index in [0.29, 0.717) is 0 Å². The van der Waals surface area contributed by atoms with E-state index in [9.17, 15) is 0 Å². The van der Waals surface area contributed by atoms with Crippen molar-refractivity contribution in [1.82, 2.24) is 0 Å². The van der Waals surface area contributed by atoms with E-state index in [2.05, 4.69) is 63.4 Å². The van der Waals surface area contributed by atoms with E-state index in [4.69, 9.17) is 0 Å². The summed E-state index contributed by atoms with van der Waals surface area (Å²) in [6.07, 6.45) is 12.7. The molecule has 0 N–H and O–H groups in total. The van der Waals surface area contributed by atoms with Crippen LogP contribution in [0.25, 0.3) is 11.1 Å². The van der Waals surface area contributed by atoms with Crippen LogP contribution in [0.1, 0.15) is 50.7 Å². The first kappa shape index (κ1) is 16.2. The Hall–Kier alpha value is -1.82. The van der Waals surface area contributed by atoms with Crippen LogP contribution in [-0.2, 0) is 0 Å². The first-order valence-corrected chi connectivity index (χ1v) is 7.50. The van der Waals surface area contributed by atoms with Crippen LogP contribution in [0.3, 0.4) is 0 Å². The number of hydrogen-bond donors (Lipinski definition) is 0. The summed E-state index contributed by atoms with van der Waals surface area (Å²) in [5, 5.41) is 0. The quantitative estimate of drug-likeness (QED) is 0.476. The molecule has 0 radical (unpaired) electrons. The number of benzene rings is 1. The van der Waals surface area contributed by atoms with Gasteiger partial charge in [-0.25, -0.2) is 0 Å². The first-order valence-electron chi connectivity index (χ1n) is 7.50. The summed E-state index contributed by atoms with van der Waals surface area (Å²) < 4.78 is 0. The van der Waals surface area contributed by atoms with Gasteiger partial charge >= 0.3 is 0 Å². The summed E-state index contributed by atoms with van der Waals surface area (Å²) in [4.78, 5) is 0. The van der Waals surface area contributed by atoms with E-state index in [1.54, 1.807) is 0 Å². The molecule has 1 rings (SSSR count). The molecule has 0 fully saturated rings. The van der Waals surface area contributed by atoms with Crippen molar-refractivity contribution in [2.75, 3.05) is 0 Å². The standard InChI is InChI=1S/C20H26/c1-5-8-12-18(13-9-6-2)20-15-10-14-19(16-20)17(4)11-7-3/h5,8,10,12-16H,1,4,6-7,9,11H2,2-3H3/b12-8-,18-13+. The Morgan fingerprint density at radius 3 is 2.55 bits per heavy atom. The van der Waals surface area contributed by atoms with Crippen molar-refractivity contribution in [3.05, 3.63) is 72.9 Å². The maximum atomic E-state index is 4.19. The fourth-order valence-corrected chi connectivity index (χ4v) is 2.12. The highest BCUT2D eigenvalue weighted by molar-refractivity contribution is 5.77. The zero-order chi connectivity index (χ0) is 14.8. The molecule has 0 saturated heterocycles. The molecule has 0 aliphatic rings. The number of hydrogen-bond acceptors (Lipinski definition) is 0. The Balaban J connectivity index is 3.07. The van der Waals surface area contributed by atoms with Crippen molar-refractivity contribution in [3.63, 3.8) is 0 Å². The van der Waals surface area contributed by atoms with E-state index in [1.165, 1.54) is 22.3 Å². The van der Waals surface area contributed by atoms with Gasteiger partial charge in [0.05, 0.1) is 0 Å². The minimum Gasteiger partial charge on any atom is -0.0991 e. The molecule has 0 saturated carbocycles. The SMILES string of the molecule is C=C/C=C\C(=C/CCC)c1cccc(C(=C)CCC)c1. The average Bonchev–Trinajstić information content (AvgIpc) is 2.48. The average molecular weight is 266 g/mol. The van der Waals surface area contributed by atoms with Gasteiger partial charge in [-0.2, -0.15) is 0 Å². The Labute approximate surface area is 124 Å². The molecule has 106 valence electrons. The Bertz CT molecular complexity index is 501. The van der Waals surface area contributed by atoms with Crippen molar-refractivity contribution in [3.8, 4) is 0 Å². The molecule has 0 bridgehead atoms. The van der Waals surface area contributed by atoms with E-state index >= 15 is 0 Å². The Morgan fingerprint density at radius 1 is 1.15 bits per heavy atom. The Morgan fingerprint density at radius 2 is 1.90 bits per heavy atom. The summed E-state index contributed by atoms with van der Waals surface area (Å²) in [5.41, 5.74) is 4.99. The second kappa shape index (κ2) is 9.14. The molecule has 0 aliphatic carbocycles. The zero-order valence-corrected chi connectivity index (χ0v) is 12.9. The van der Waals surface area contributed by atoms with E-state index < -0.39 is 0 Å². The van der Waals surface area contributed by atoms with Crippen molar-refractivity contribution in [2.24, 2.45) is 0 Å². The lowest BCUT2D eigenvalue weighted by atomic mass is 9.97. The second-order valence-electron chi connectivity index (χ2n) is 4.98. The van der Waals surface area contributed by atoms with Crippen molar-refractivity contribution >= 4 is 11.1 Å². The van der Waals surface area contributed by atoms with Gasteiger partial charge in [-0.3, -0.25) is 0 Å². The molecule has 1 aromatic carbocycles. The number of allylic oxidation sites excluding steroid dienone is 6. The van der Waals surface area contributed by atoms with Crippen LogP contribution in [0.5, 0.6) is 0 Å². The minimum absolute atomic E-state index is 1.06. The summed E-state index contributed by atoms with van der Waals surface area (Å²) in [6.45, 7) is 12.3. The Kier molecular flexibility index (Phi) is 7.42. The third-order valence-electron chi connectivity index (χ3n) is 3.22. The summed E-state index contributed by atoms with van der Waals surface area (Å²) in [5.74, 6) is 0. The lowest BCUT2D eigenvalue weighted by Gasteiger charge is -2.08. The normalized spacial score (nSPS) is 11.8. The third kappa shape index (κ3) is 5.05. The molecule has 0 heteroatoms. The molecule has 0 aliphatic heterocycles. The zero-order valence-electron chi connectivity index (χ0n) is 12.9. The molecular formula is C20H26. The van der Waals surface area contributed by atoms with Gasteiger partial charge in [0.25, 0.3) is 0 Å². The van der Waals surface area contributed by atoms with Crippen molar-refractivity contribution in [1.29, 1.82) is 0 Å². The van der Waals surface area contributed by atoms with Crippen LogP contribution in [0, 0.1) is 0 Å². The van der Waals surface area contributed by atoms with Gasteiger partial charge in [0.1, 0.15) is 0 Å². The van der Waals surface area contributed by atoms with Gasteiger partial charge in [-0.05, 0) is 41.2 Å². The highest BCUT2D eigenvalue weighted by atomic mass is 14.1. The summed E-state index contributed by atoms with van der Waals surface area (Å²) >= 11 is 0. The highest BCUT2D eigenvalue weighted by Crippen LogP contribution is 2.24. The van der Waals surface area contributed by atoms with Crippen LogP contribution in [0.2, 0.25) is 0 Å². The molecule has 0 atom stereocenters. The van der Waals surface area contributed by atoms with E-state index in [-0.39, 0.29) is 0 Å². The lowest BCUT2D eigenvalue weighted by Crippen LogP contribution is -1.87. The van der Waals surface area contributed by atoms with Crippen LogP contribution in [-0.4, -0.2) is 0 Å². The number of rotatable bonds is 8. The second-order valence-corrected chi connectivity index (χ2v) is 4.98. The van der Waals surface area contributed by atoms with E-state index in [0.717, 1.165) is 25.7 Å². The van der Waals surface area contributed by atoms with Gasteiger partial charge in [-0.15, -0.1) is 0 Å². The molecule has 0 heterocycles. The van der Waals surface area contributed by atoms with Crippen LogP contribution in [0.15, 0.2) is 61.7 Å². The molecule has 0 amide bonds. The number of unbranched alkanes of at least 4 members (excludes halogenated alkanes) is 1. The molecule has 0 nitrogen and oxygen atoms in total. The molecule has 0 spiro atoms. The van der Waals surface area contributed by atoms with Crippen LogP contribution in [0.4, 0.5) is 0 Å². The predicted octanol–water partition coefficient (Wildman–Crippen LogP) is 6.43. The minimum atomic E-state index is 1.06. The largest absolute Gasteiger partial charge is 0.0991 e. The molecule has 0 aromatic heterocycles. The van der Waals surface area contributed by atoms with Crippen molar-refractivity contribution < 1.29 is 0 Å². The molecule has 20 heavy (non-hydrogen) atoms. The van der Waals surface area contributed by atoms with Gasteiger partial charge in [0.15, 0.2) is 0 Å². The lowest BCUT2D eigenvalue weighted by molar-refractivity contribution is 0.960. The summed E-state index contributed by atoms with van der Waals surface area (Å²) in [7, 11) is 0. The fourth-order valence-electron chi connectivity index (χ4n) is 2.12. The maximum absolute atomic E-state index is 4.19. The highest BCUT2D eigenvalue weighted by Gasteiger charge is 2.02. The van der Waals surface area contributed by atoms with E-state index in [1.807, 2.05) is 12.2 Å². The van der Waals surface area contributed by atoms with Crippen LogP contribution < -0.4 is 0 Å². The predicted molar refractivity (Wildman–Crippen MR) is 92.6 cm³/mol. The molecule has 0 unspecified atom stereocenters. The fraction of sp³-hybridized carbons (Fsp3) is 0.300. The monoisotopic (exact) mass is 266 g/mol. The van der Waals surface area contributed by atoms with Crippen molar-refractivity contribution in [2.45, 2.75) is 39.5 Å². The first-order chi connectivity index (χ1) is 9.72. The van der Waals surface area contributed by atoms with Gasteiger partial charge in [-0.1, -0.05) is 82.4 Å². The maximum Gasteiger partial charge on any atom is -0.0181 e. The van der Waals surface area contributed by atoms with Crippen LogP contribution >= 0.6 is 0 Å². The van der Waals surface area contributed by atoms with Gasteiger partial charge in [0, 0.05) is 0 Å². The molecular weight excluding hydrogens is 240 g/mol. The van der Waals surface area contributed by atoms with Gasteiger partial charge < -0.3 is 0 Å². The smallest absolute Gasteiger partial charge is 0.0181 e. The topological polar surface area (TPSA) is 0 Å². The third-order valence-corrected chi connectivity index (χ3v) is 3.22. The summed E-state index contributed by atoms with van der Waals surface area (Å²) in [6, 6.07) is 8.67. The van der Waals surface area contributed by atoms with Gasteiger partial charge in [0.2, 0.25) is 0 Å². The molecule has 1 aromatic rings.